The lowest BCUT2D eigenvalue weighted by Gasteiger charge is -2.14. The molecule has 0 spiro atoms. The molecular formula is C14H20N2S4. The van der Waals surface area contributed by atoms with Gasteiger partial charge >= 0.3 is 0 Å². The van der Waals surface area contributed by atoms with E-state index in [0.29, 0.717) is 11.8 Å². The molecule has 0 amide bonds. The molecular weight excluding hydrogens is 324 g/mol. The standard InChI is InChI=1S/C14H20N2S4/c1-15-11-7-3-5-9(11)13(17)19-20-14(18)10-6-4-8-12(10)16-2/h9-10H,3-8H2,1-2H3. The molecule has 2 aliphatic rings. The smallest absolute Gasteiger partial charge is 0.0677 e. The highest BCUT2D eigenvalue weighted by Gasteiger charge is 2.29. The molecule has 0 aliphatic heterocycles. The summed E-state index contributed by atoms with van der Waals surface area (Å²) in [5, 5.41) is 0. The van der Waals surface area contributed by atoms with Crippen LogP contribution in [0.4, 0.5) is 0 Å². The summed E-state index contributed by atoms with van der Waals surface area (Å²) in [6, 6.07) is 0. The van der Waals surface area contributed by atoms with Gasteiger partial charge in [0.2, 0.25) is 0 Å². The summed E-state index contributed by atoms with van der Waals surface area (Å²) >= 11 is 11.2. The van der Waals surface area contributed by atoms with Crippen molar-refractivity contribution in [1.82, 2.24) is 0 Å². The van der Waals surface area contributed by atoms with Crippen molar-refractivity contribution in [3.8, 4) is 0 Å². The Morgan fingerprint density at radius 2 is 1.30 bits per heavy atom. The van der Waals surface area contributed by atoms with Crippen LogP contribution in [0.2, 0.25) is 0 Å². The Balaban J connectivity index is 1.86. The maximum absolute atomic E-state index is 5.58. The number of rotatable bonds is 2. The van der Waals surface area contributed by atoms with Gasteiger partial charge in [-0.1, -0.05) is 24.4 Å². The highest BCUT2D eigenvalue weighted by Crippen LogP contribution is 2.38. The fraction of sp³-hybridized carbons (Fsp3) is 0.714. The van der Waals surface area contributed by atoms with E-state index in [-0.39, 0.29) is 0 Å². The maximum Gasteiger partial charge on any atom is 0.0677 e. The second kappa shape index (κ2) is 8.01. The minimum Gasteiger partial charge on any atom is -0.297 e. The van der Waals surface area contributed by atoms with Crippen LogP contribution >= 0.6 is 46.0 Å². The van der Waals surface area contributed by atoms with Crippen LogP contribution in [0.1, 0.15) is 38.5 Å². The quantitative estimate of drug-likeness (QED) is 0.532. The van der Waals surface area contributed by atoms with E-state index < -0.39 is 0 Å². The van der Waals surface area contributed by atoms with E-state index in [1.165, 1.54) is 24.3 Å². The Labute approximate surface area is 140 Å². The van der Waals surface area contributed by atoms with Gasteiger partial charge < -0.3 is 0 Å². The number of thiocarbonyl (C=S) groups is 2. The van der Waals surface area contributed by atoms with E-state index in [0.717, 1.165) is 34.1 Å². The van der Waals surface area contributed by atoms with Crippen LogP contribution < -0.4 is 0 Å². The lowest BCUT2D eigenvalue weighted by Crippen LogP contribution is -2.16. The molecule has 110 valence electrons. The van der Waals surface area contributed by atoms with Crippen LogP contribution in [0.3, 0.4) is 0 Å². The highest BCUT2D eigenvalue weighted by molar-refractivity contribution is 8.89. The second-order valence-corrected chi connectivity index (χ2v) is 8.73. The van der Waals surface area contributed by atoms with Crippen molar-refractivity contribution in [3.05, 3.63) is 0 Å². The molecule has 2 fully saturated rings. The third-order valence-corrected chi connectivity index (χ3v) is 8.02. The Morgan fingerprint density at radius 3 is 1.65 bits per heavy atom. The van der Waals surface area contributed by atoms with Crippen molar-refractivity contribution in [3.63, 3.8) is 0 Å². The molecule has 2 rings (SSSR count). The Bertz CT molecular complexity index is 414. The predicted octanol–water partition coefficient (Wildman–Crippen LogP) is 4.76. The largest absolute Gasteiger partial charge is 0.297 e. The highest BCUT2D eigenvalue weighted by atomic mass is 33.1. The molecule has 0 saturated heterocycles. The van der Waals surface area contributed by atoms with E-state index in [4.69, 9.17) is 24.4 Å². The molecule has 2 saturated carbocycles. The molecule has 0 heterocycles. The zero-order valence-electron chi connectivity index (χ0n) is 11.9. The van der Waals surface area contributed by atoms with Crippen LogP contribution in [0.5, 0.6) is 0 Å². The van der Waals surface area contributed by atoms with Gasteiger partial charge in [-0.3, -0.25) is 9.98 Å². The third kappa shape index (κ3) is 3.90. The summed E-state index contributed by atoms with van der Waals surface area (Å²) < 4.78 is 2.09. The Kier molecular flexibility index (Phi) is 6.65. The van der Waals surface area contributed by atoms with Crippen LogP contribution in [-0.4, -0.2) is 33.9 Å². The van der Waals surface area contributed by atoms with E-state index in [1.54, 1.807) is 21.6 Å². The number of aliphatic imine (C=N–C) groups is 2. The summed E-state index contributed by atoms with van der Waals surface area (Å²) in [5.41, 5.74) is 2.54. The van der Waals surface area contributed by atoms with Crippen molar-refractivity contribution in [2.75, 3.05) is 14.1 Å². The average Bonchev–Trinajstić information content (AvgIpc) is 3.11. The summed E-state index contributed by atoms with van der Waals surface area (Å²) in [5.74, 6) is 0.774. The topological polar surface area (TPSA) is 24.7 Å². The maximum atomic E-state index is 5.58. The van der Waals surface area contributed by atoms with Gasteiger partial charge in [0.05, 0.1) is 8.39 Å². The molecule has 0 radical (unpaired) electrons. The van der Waals surface area contributed by atoms with Crippen molar-refractivity contribution in [2.45, 2.75) is 38.5 Å². The van der Waals surface area contributed by atoms with E-state index in [1.807, 2.05) is 14.1 Å². The molecule has 0 N–H and O–H groups in total. The lowest BCUT2D eigenvalue weighted by molar-refractivity contribution is 0.825. The first-order valence-electron chi connectivity index (χ1n) is 7.00. The van der Waals surface area contributed by atoms with Gasteiger partial charge in [-0.25, -0.2) is 0 Å². The van der Waals surface area contributed by atoms with E-state index in [2.05, 4.69) is 9.98 Å². The second-order valence-electron chi connectivity index (χ2n) is 5.12. The van der Waals surface area contributed by atoms with Crippen molar-refractivity contribution in [1.29, 1.82) is 0 Å². The van der Waals surface area contributed by atoms with Gasteiger partial charge in [-0.05, 0) is 60.1 Å². The van der Waals surface area contributed by atoms with Gasteiger partial charge in [-0.2, -0.15) is 0 Å². The normalized spacial score (nSPS) is 30.3. The number of nitrogens with zero attached hydrogens (tertiary/aromatic N) is 2. The third-order valence-electron chi connectivity index (χ3n) is 4.01. The SMILES string of the molecule is CN=C1CCCC1C(=S)SSC(=S)C1CCCC1=NC. The molecule has 2 atom stereocenters. The average molecular weight is 345 g/mol. The first kappa shape index (κ1) is 16.6. The monoisotopic (exact) mass is 344 g/mol. The lowest BCUT2D eigenvalue weighted by atomic mass is 10.1. The summed E-state index contributed by atoms with van der Waals surface area (Å²) in [6.07, 6.45) is 6.93. The Hall–Kier alpha value is 0.220. The van der Waals surface area contributed by atoms with E-state index >= 15 is 0 Å². The molecule has 20 heavy (non-hydrogen) atoms. The summed E-state index contributed by atoms with van der Waals surface area (Å²) in [6.45, 7) is 0. The Morgan fingerprint density at radius 1 is 0.900 bits per heavy atom. The van der Waals surface area contributed by atoms with Crippen LogP contribution in [0, 0.1) is 11.8 Å². The number of hydrogen-bond donors (Lipinski definition) is 0. The van der Waals surface area contributed by atoms with Gasteiger partial charge in [0.15, 0.2) is 0 Å². The molecule has 2 unspecified atom stereocenters. The van der Waals surface area contributed by atoms with Crippen LogP contribution in [-0.2, 0) is 0 Å². The zero-order valence-corrected chi connectivity index (χ0v) is 15.2. The van der Waals surface area contributed by atoms with Crippen molar-refractivity contribution < 1.29 is 0 Å². The minimum absolute atomic E-state index is 0.387. The predicted molar refractivity (Wildman–Crippen MR) is 102 cm³/mol. The molecule has 2 aliphatic carbocycles. The zero-order chi connectivity index (χ0) is 14.5. The van der Waals surface area contributed by atoms with Gasteiger partial charge in [0, 0.05) is 37.4 Å². The van der Waals surface area contributed by atoms with Gasteiger partial charge in [0.25, 0.3) is 0 Å². The van der Waals surface area contributed by atoms with Crippen LogP contribution in [0.25, 0.3) is 0 Å². The van der Waals surface area contributed by atoms with Crippen LogP contribution in [0.15, 0.2) is 9.98 Å². The van der Waals surface area contributed by atoms with E-state index in [9.17, 15) is 0 Å². The van der Waals surface area contributed by atoms with Crippen molar-refractivity contribution >= 4 is 65.8 Å². The molecule has 0 aromatic rings. The summed E-state index contributed by atoms with van der Waals surface area (Å²) in [7, 11) is 7.10. The molecule has 2 nitrogen and oxygen atoms in total. The van der Waals surface area contributed by atoms with Crippen molar-refractivity contribution in [2.24, 2.45) is 21.8 Å². The minimum atomic E-state index is 0.387. The first-order chi connectivity index (χ1) is 9.67. The summed E-state index contributed by atoms with van der Waals surface area (Å²) in [4.78, 5) is 8.75. The molecule has 0 aromatic carbocycles. The fourth-order valence-electron chi connectivity index (χ4n) is 2.90. The molecule has 0 aromatic heterocycles. The first-order valence-corrected chi connectivity index (χ1v) is 9.97. The fourth-order valence-corrected chi connectivity index (χ4v) is 6.11. The van der Waals surface area contributed by atoms with Gasteiger partial charge in [-0.15, -0.1) is 0 Å². The molecule has 0 bridgehead atoms. The van der Waals surface area contributed by atoms with Gasteiger partial charge in [0.1, 0.15) is 0 Å². The number of hydrogen-bond acceptors (Lipinski definition) is 6. The molecule has 6 heteroatoms.